The van der Waals surface area contributed by atoms with Crippen LogP contribution in [0, 0.1) is 13.8 Å². The van der Waals surface area contributed by atoms with Crippen molar-refractivity contribution in [1.29, 1.82) is 0 Å². The first-order valence-corrected chi connectivity index (χ1v) is 11.5. The first-order valence-electron chi connectivity index (χ1n) is 9.71. The molecule has 0 aliphatic carbocycles. The minimum absolute atomic E-state index is 0.0172. The van der Waals surface area contributed by atoms with Crippen LogP contribution in [0.3, 0.4) is 0 Å². The van der Waals surface area contributed by atoms with Crippen LogP contribution in [0.2, 0.25) is 0 Å². The normalized spacial score (nSPS) is 24.4. The predicted octanol–water partition coefficient (Wildman–Crippen LogP) is 2.36. The van der Waals surface area contributed by atoms with Gasteiger partial charge in [0.15, 0.2) is 9.84 Å². The van der Waals surface area contributed by atoms with Gasteiger partial charge in [0.2, 0.25) is 5.91 Å². The van der Waals surface area contributed by atoms with Crippen molar-refractivity contribution in [3.63, 3.8) is 0 Å². The molecule has 148 valence electrons. The molecule has 2 saturated heterocycles. The lowest BCUT2D eigenvalue weighted by Gasteiger charge is -2.43. The summed E-state index contributed by atoms with van der Waals surface area (Å²) >= 11 is 0. The van der Waals surface area contributed by atoms with E-state index in [-0.39, 0.29) is 36.0 Å². The lowest BCUT2D eigenvalue weighted by Crippen LogP contribution is -2.62. The minimum atomic E-state index is -3.16. The van der Waals surface area contributed by atoms with Gasteiger partial charge in [-0.05, 0) is 49.1 Å². The molecule has 2 aliphatic heterocycles. The van der Waals surface area contributed by atoms with Gasteiger partial charge in [0.1, 0.15) is 0 Å². The Bertz CT molecular complexity index is 968. The molecule has 0 aromatic heterocycles. The molecule has 2 aromatic rings. The van der Waals surface area contributed by atoms with Crippen molar-refractivity contribution in [2.75, 3.05) is 29.5 Å². The maximum atomic E-state index is 13.1. The number of benzene rings is 2. The van der Waals surface area contributed by atoms with Gasteiger partial charge in [0, 0.05) is 18.3 Å². The summed E-state index contributed by atoms with van der Waals surface area (Å²) in [6, 6.07) is 15.7. The third kappa shape index (κ3) is 3.84. The lowest BCUT2D eigenvalue weighted by atomic mass is 10.0. The molecule has 4 rings (SSSR count). The fourth-order valence-electron chi connectivity index (χ4n) is 4.55. The van der Waals surface area contributed by atoms with Crippen LogP contribution in [-0.2, 0) is 21.1 Å². The zero-order valence-electron chi connectivity index (χ0n) is 16.3. The summed E-state index contributed by atoms with van der Waals surface area (Å²) in [5.41, 5.74) is 4.17. The molecule has 28 heavy (non-hydrogen) atoms. The summed E-state index contributed by atoms with van der Waals surface area (Å²) in [4.78, 5) is 16.9. The molecule has 2 fully saturated rings. The van der Waals surface area contributed by atoms with Gasteiger partial charge in [0.25, 0.3) is 0 Å². The quantitative estimate of drug-likeness (QED) is 0.793. The van der Waals surface area contributed by atoms with E-state index in [1.165, 1.54) is 5.56 Å². The predicted molar refractivity (Wildman–Crippen MR) is 111 cm³/mol. The second kappa shape index (κ2) is 7.33. The van der Waals surface area contributed by atoms with Crippen molar-refractivity contribution in [1.82, 2.24) is 4.90 Å². The van der Waals surface area contributed by atoms with Crippen molar-refractivity contribution in [2.45, 2.75) is 32.4 Å². The van der Waals surface area contributed by atoms with Gasteiger partial charge in [-0.3, -0.25) is 9.69 Å². The van der Waals surface area contributed by atoms with Crippen molar-refractivity contribution >= 4 is 21.4 Å². The number of carbonyl (C=O) groups is 1. The first-order chi connectivity index (χ1) is 13.3. The highest BCUT2D eigenvalue weighted by molar-refractivity contribution is 7.91. The summed E-state index contributed by atoms with van der Waals surface area (Å²) in [6.45, 7) is 4.95. The highest BCUT2D eigenvalue weighted by Crippen LogP contribution is 2.32. The Balaban J connectivity index is 1.62. The second-order valence-corrected chi connectivity index (χ2v) is 10.2. The van der Waals surface area contributed by atoms with Crippen molar-refractivity contribution < 1.29 is 13.2 Å². The van der Waals surface area contributed by atoms with Crippen molar-refractivity contribution in [3.8, 4) is 0 Å². The topological polar surface area (TPSA) is 57.7 Å². The number of piperazine rings is 1. The number of fused-ring (bicyclic) bond motifs is 1. The van der Waals surface area contributed by atoms with E-state index in [4.69, 9.17) is 0 Å². The van der Waals surface area contributed by atoms with Gasteiger partial charge < -0.3 is 4.90 Å². The van der Waals surface area contributed by atoms with Gasteiger partial charge in [-0.15, -0.1) is 0 Å². The number of hydrogen-bond donors (Lipinski definition) is 0. The average Bonchev–Trinajstić information content (AvgIpc) is 2.94. The zero-order chi connectivity index (χ0) is 19.9. The Morgan fingerprint density at radius 3 is 2.29 bits per heavy atom. The van der Waals surface area contributed by atoms with E-state index >= 15 is 0 Å². The number of anilines is 1. The molecule has 0 unspecified atom stereocenters. The Hall–Kier alpha value is -2.18. The molecule has 2 atom stereocenters. The monoisotopic (exact) mass is 398 g/mol. The molecule has 1 amide bonds. The Labute approximate surface area is 166 Å². The third-order valence-electron chi connectivity index (χ3n) is 5.72. The van der Waals surface area contributed by atoms with Gasteiger partial charge >= 0.3 is 0 Å². The van der Waals surface area contributed by atoms with Crippen LogP contribution in [0.4, 0.5) is 5.69 Å². The minimum Gasteiger partial charge on any atom is -0.306 e. The Kier molecular flexibility index (Phi) is 5.02. The van der Waals surface area contributed by atoms with Gasteiger partial charge in [-0.25, -0.2) is 8.42 Å². The first kappa shape index (κ1) is 19.2. The van der Waals surface area contributed by atoms with E-state index in [1.54, 1.807) is 4.90 Å². The second-order valence-electron chi connectivity index (χ2n) is 8.03. The Morgan fingerprint density at radius 2 is 1.61 bits per heavy atom. The average molecular weight is 399 g/mol. The Morgan fingerprint density at radius 1 is 0.964 bits per heavy atom. The SMILES string of the molecule is Cc1cc(C)cc(N2C(=O)CN(CCc3ccccc3)[C@H]3CS(=O)(=O)C[C@H]32)c1. The van der Waals surface area contributed by atoms with Gasteiger partial charge in [-0.1, -0.05) is 36.4 Å². The molecule has 5 nitrogen and oxygen atoms in total. The molecular formula is C22H26N2O3S. The van der Waals surface area contributed by atoms with Crippen LogP contribution in [0.25, 0.3) is 0 Å². The number of amides is 1. The maximum Gasteiger partial charge on any atom is 0.241 e. The summed E-state index contributed by atoms with van der Waals surface area (Å²) < 4.78 is 24.9. The molecular weight excluding hydrogens is 372 g/mol. The molecule has 0 bridgehead atoms. The highest BCUT2D eigenvalue weighted by Gasteiger charge is 2.49. The number of aryl methyl sites for hydroxylation is 2. The van der Waals surface area contributed by atoms with Crippen LogP contribution >= 0.6 is 0 Å². The van der Waals surface area contributed by atoms with Crippen LogP contribution in [-0.4, -0.2) is 55.9 Å². The van der Waals surface area contributed by atoms with E-state index in [9.17, 15) is 13.2 Å². The van der Waals surface area contributed by atoms with E-state index in [1.807, 2.05) is 44.2 Å². The fourth-order valence-corrected chi connectivity index (χ4v) is 6.53. The fraction of sp³-hybridized carbons (Fsp3) is 0.409. The molecule has 2 heterocycles. The summed E-state index contributed by atoms with van der Waals surface area (Å²) in [5.74, 6) is 0.149. The summed E-state index contributed by atoms with van der Waals surface area (Å²) in [5, 5.41) is 0. The number of carbonyl (C=O) groups excluding carboxylic acids is 1. The molecule has 0 spiro atoms. The number of nitrogens with zero attached hydrogens (tertiary/aromatic N) is 2. The van der Waals surface area contributed by atoms with Crippen LogP contribution in [0.1, 0.15) is 16.7 Å². The van der Waals surface area contributed by atoms with Crippen LogP contribution in [0.15, 0.2) is 48.5 Å². The molecule has 2 aliphatic rings. The molecule has 0 N–H and O–H groups in total. The van der Waals surface area contributed by atoms with E-state index < -0.39 is 9.84 Å². The van der Waals surface area contributed by atoms with E-state index in [2.05, 4.69) is 23.1 Å². The van der Waals surface area contributed by atoms with Gasteiger partial charge in [-0.2, -0.15) is 0 Å². The number of rotatable bonds is 4. The lowest BCUT2D eigenvalue weighted by molar-refractivity contribution is -0.123. The largest absolute Gasteiger partial charge is 0.306 e. The van der Waals surface area contributed by atoms with Crippen LogP contribution < -0.4 is 4.90 Å². The van der Waals surface area contributed by atoms with Gasteiger partial charge in [0.05, 0.1) is 24.1 Å². The van der Waals surface area contributed by atoms with Crippen molar-refractivity contribution in [3.05, 3.63) is 65.2 Å². The molecule has 0 saturated carbocycles. The third-order valence-corrected chi connectivity index (χ3v) is 7.42. The molecule has 6 heteroatoms. The van der Waals surface area contributed by atoms with Crippen molar-refractivity contribution in [2.24, 2.45) is 0 Å². The zero-order valence-corrected chi connectivity index (χ0v) is 17.2. The summed E-state index contributed by atoms with van der Waals surface area (Å²) in [7, 11) is -3.16. The van der Waals surface area contributed by atoms with E-state index in [0.717, 1.165) is 23.2 Å². The highest BCUT2D eigenvalue weighted by atomic mass is 32.2. The van der Waals surface area contributed by atoms with Crippen LogP contribution in [0.5, 0.6) is 0 Å². The molecule has 0 radical (unpaired) electrons. The number of hydrogen-bond acceptors (Lipinski definition) is 4. The molecule has 2 aromatic carbocycles. The number of sulfone groups is 1. The smallest absolute Gasteiger partial charge is 0.241 e. The standard InChI is InChI=1S/C22H26N2O3S/c1-16-10-17(2)12-19(11-16)24-21-15-28(26,27)14-20(21)23(13-22(24)25)9-8-18-6-4-3-5-7-18/h3-7,10-12,20-21H,8-9,13-15H2,1-2H3/t20-,21+/m0/s1. The maximum absolute atomic E-state index is 13.1. The summed E-state index contributed by atoms with van der Waals surface area (Å²) in [6.07, 6.45) is 0.806. The van der Waals surface area contributed by atoms with E-state index in [0.29, 0.717) is 6.54 Å².